The molecule has 2 aromatic heterocycles. The van der Waals surface area contributed by atoms with Crippen molar-refractivity contribution in [2.45, 2.75) is 26.3 Å². The van der Waals surface area contributed by atoms with Crippen LogP contribution in [-0.4, -0.2) is 59.2 Å². The molecule has 1 fully saturated rings. The van der Waals surface area contributed by atoms with E-state index in [1.807, 2.05) is 6.92 Å². The summed E-state index contributed by atoms with van der Waals surface area (Å²) >= 11 is 7.05. The summed E-state index contributed by atoms with van der Waals surface area (Å²) in [5.41, 5.74) is 3.04. The Balaban J connectivity index is 1.63. The van der Waals surface area contributed by atoms with Crippen molar-refractivity contribution in [2.75, 3.05) is 26.3 Å². The van der Waals surface area contributed by atoms with Crippen molar-refractivity contribution in [1.29, 1.82) is 0 Å². The minimum Gasteiger partial charge on any atom is -0.377 e. The number of carbonyl (C=O) groups excluding carboxylic acids is 2. The number of nitrogens with zero attached hydrogens (tertiary/aromatic N) is 3. The second kappa shape index (κ2) is 8.15. The molecule has 0 saturated carbocycles. The Hall–Kier alpha value is -1.97. The zero-order valence-corrected chi connectivity index (χ0v) is 16.0. The molecule has 2 amide bonds. The molecule has 3 heterocycles. The predicted octanol–water partition coefficient (Wildman–Crippen LogP) is 1.60. The largest absolute Gasteiger partial charge is 0.377 e. The minimum atomic E-state index is -0.304. The van der Waals surface area contributed by atoms with Crippen LogP contribution in [0.1, 0.15) is 26.7 Å². The SMILES string of the molecule is Cc1noc(C)c1CC(=O)N1CCOCC1CNC(=O)c1scnc1Cl. The number of thiazole rings is 1. The molecule has 140 valence electrons. The molecule has 0 aliphatic carbocycles. The standard InChI is InChI=1S/C16H19ClN4O4S/c1-9-12(10(2)25-20-9)5-13(22)21-3-4-24-7-11(21)6-18-16(23)14-15(17)19-8-26-14/h8,11H,3-7H2,1-2H3,(H,18,23). The molecular weight excluding hydrogens is 380 g/mol. The predicted molar refractivity (Wildman–Crippen MR) is 95.5 cm³/mol. The minimum absolute atomic E-state index is 0.0437. The van der Waals surface area contributed by atoms with Gasteiger partial charge in [-0.2, -0.15) is 0 Å². The molecule has 1 N–H and O–H groups in total. The van der Waals surface area contributed by atoms with Crippen molar-refractivity contribution >= 4 is 34.8 Å². The maximum Gasteiger partial charge on any atom is 0.264 e. The van der Waals surface area contributed by atoms with Crippen LogP contribution in [0.4, 0.5) is 0 Å². The first kappa shape index (κ1) is 18.8. The Bertz CT molecular complexity index is 787. The fourth-order valence-electron chi connectivity index (χ4n) is 2.83. The zero-order valence-electron chi connectivity index (χ0n) is 14.5. The van der Waals surface area contributed by atoms with Gasteiger partial charge in [-0.05, 0) is 13.8 Å². The van der Waals surface area contributed by atoms with Crippen LogP contribution in [-0.2, 0) is 16.0 Å². The van der Waals surface area contributed by atoms with Crippen molar-refractivity contribution in [2.24, 2.45) is 0 Å². The van der Waals surface area contributed by atoms with Crippen LogP contribution < -0.4 is 5.32 Å². The van der Waals surface area contributed by atoms with Gasteiger partial charge in [0, 0.05) is 18.7 Å². The summed E-state index contributed by atoms with van der Waals surface area (Å²) in [6, 6.07) is -0.243. The molecule has 1 unspecified atom stereocenters. The lowest BCUT2D eigenvalue weighted by Crippen LogP contribution is -2.54. The van der Waals surface area contributed by atoms with Gasteiger partial charge in [0.15, 0.2) is 5.15 Å². The highest BCUT2D eigenvalue weighted by Gasteiger charge is 2.29. The van der Waals surface area contributed by atoms with E-state index in [4.69, 9.17) is 20.9 Å². The highest BCUT2D eigenvalue weighted by Crippen LogP contribution is 2.19. The van der Waals surface area contributed by atoms with Gasteiger partial charge in [0.1, 0.15) is 10.6 Å². The summed E-state index contributed by atoms with van der Waals surface area (Å²) in [7, 11) is 0. The van der Waals surface area contributed by atoms with E-state index in [0.29, 0.717) is 36.1 Å². The second-order valence-corrected chi connectivity index (χ2v) is 7.19. The Morgan fingerprint density at radius 1 is 1.46 bits per heavy atom. The summed E-state index contributed by atoms with van der Waals surface area (Å²) < 4.78 is 10.6. The normalized spacial score (nSPS) is 17.3. The smallest absolute Gasteiger partial charge is 0.264 e. The van der Waals surface area contributed by atoms with E-state index < -0.39 is 0 Å². The van der Waals surface area contributed by atoms with Gasteiger partial charge in [-0.1, -0.05) is 16.8 Å². The van der Waals surface area contributed by atoms with Gasteiger partial charge in [-0.15, -0.1) is 11.3 Å². The molecule has 8 nitrogen and oxygen atoms in total. The molecule has 1 aliphatic heterocycles. The molecule has 2 aromatic rings. The number of halogens is 1. The summed E-state index contributed by atoms with van der Waals surface area (Å²) in [6.07, 6.45) is 0.215. The molecule has 1 saturated heterocycles. The zero-order chi connectivity index (χ0) is 18.7. The molecular formula is C16H19ClN4O4S. The van der Waals surface area contributed by atoms with Gasteiger partial charge in [-0.25, -0.2) is 4.98 Å². The first-order valence-electron chi connectivity index (χ1n) is 8.13. The molecule has 3 rings (SSSR count). The van der Waals surface area contributed by atoms with Crippen molar-refractivity contribution in [3.8, 4) is 0 Å². The number of amides is 2. The Morgan fingerprint density at radius 3 is 2.92 bits per heavy atom. The lowest BCUT2D eigenvalue weighted by atomic mass is 10.1. The van der Waals surface area contributed by atoms with Gasteiger partial charge in [0.2, 0.25) is 5.91 Å². The summed E-state index contributed by atoms with van der Waals surface area (Å²) in [5.74, 6) is 0.299. The third kappa shape index (κ3) is 4.05. The number of carbonyl (C=O) groups is 2. The Morgan fingerprint density at radius 2 is 2.27 bits per heavy atom. The number of morpholine rings is 1. The van der Waals surface area contributed by atoms with Crippen molar-refractivity contribution in [1.82, 2.24) is 20.4 Å². The first-order chi connectivity index (χ1) is 12.5. The highest BCUT2D eigenvalue weighted by atomic mass is 35.5. The summed E-state index contributed by atoms with van der Waals surface area (Å²) in [5, 5.41) is 6.87. The number of aromatic nitrogens is 2. The molecule has 26 heavy (non-hydrogen) atoms. The van der Waals surface area contributed by atoms with Gasteiger partial charge < -0.3 is 19.5 Å². The number of rotatable bonds is 5. The molecule has 1 atom stereocenters. The molecule has 0 bridgehead atoms. The van der Waals surface area contributed by atoms with Crippen LogP contribution in [0.2, 0.25) is 5.15 Å². The number of hydrogen-bond donors (Lipinski definition) is 1. The van der Waals surface area contributed by atoms with Crippen LogP contribution in [0.15, 0.2) is 10.0 Å². The van der Waals surface area contributed by atoms with E-state index in [0.717, 1.165) is 5.56 Å². The Kier molecular flexibility index (Phi) is 5.90. The lowest BCUT2D eigenvalue weighted by Gasteiger charge is -2.35. The quantitative estimate of drug-likeness (QED) is 0.821. The van der Waals surface area contributed by atoms with E-state index in [9.17, 15) is 9.59 Å². The number of hydrogen-bond acceptors (Lipinski definition) is 7. The van der Waals surface area contributed by atoms with Gasteiger partial charge in [-0.3, -0.25) is 9.59 Å². The van der Waals surface area contributed by atoms with Gasteiger partial charge in [0.25, 0.3) is 5.91 Å². The number of ether oxygens (including phenoxy) is 1. The van der Waals surface area contributed by atoms with Gasteiger partial charge in [0.05, 0.1) is 36.9 Å². The van der Waals surface area contributed by atoms with Crippen LogP contribution in [0.25, 0.3) is 0 Å². The molecule has 0 aromatic carbocycles. The molecule has 10 heteroatoms. The lowest BCUT2D eigenvalue weighted by molar-refractivity contribution is -0.138. The topological polar surface area (TPSA) is 97.6 Å². The first-order valence-corrected chi connectivity index (χ1v) is 9.39. The Labute approximate surface area is 159 Å². The van der Waals surface area contributed by atoms with E-state index in [-0.39, 0.29) is 36.0 Å². The average Bonchev–Trinajstić information content (AvgIpc) is 3.20. The second-order valence-electron chi connectivity index (χ2n) is 5.98. The fraction of sp³-hybridized carbons (Fsp3) is 0.500. The molecule has 1 aliphatic rings. The van der Waals surface area contributed by atoms with Crippen molar-refractivity contribution in [3.05, 3.63) is 32.6 Å². The fourth-order valence-corrected chi connectivity index (χ4v) is 3.75. The van der Waals surface area contributed by atoms with Gasteiger partial charge >= 0.3 is 0 Å². The highest BCUT2D eigenvalue weighted by molar-refractivity contribution is 7.12. The molecule has 0 spiro atoms. The summed E-state index contributed by atoms with van der Waals surface area (Å²) in [4.78, 5) is 30.9. The van der Waals surface area contributed by atoms with E-state index >= 15 is 0 Å². The third-order valence-electron chi connectivity index (χ3n) is 4.29. The van der Waals surface area contributed by atoms with Crippen molar-refractivity contribution < 1.29 is 18.8 Å². The number of nitrogens with one attached hydrogen (secondary N) is 1. The van der Waals surface area contributed by atoms with Crippen LogP contribution in [0.5, 0.6) is 0 Å². The van der Waals surface area contributed by atoms with E-state index in [1.165, 1.54) is 16.8 Å². The van der Waals surface area contributed by atoms with Crippen LogP contribution >= 0.6 is 22.9 Å². The monoisotopic (exact) mass is 398 g/mol. The van der Waals surface area contributed by atoms with E-state index in [2.05, 4.69) is 15.5 Å². The van der Waals surface area contributed by atoms with Crippen molar-refractivity contribution in [3.63, 3.8) is 0 Å². The third-order valence-corrected chi connectivity index (χ3v) is 5.51. The van der Waals surface area contributed by atoms with Crippen LogP contribution in [0.3, 0.4) is 0 Å². The average molecular weight is 399 g/mol. The maximum absolute atomic E-state index is 12.8. The summed E-state index contributed by atoms with van der Waals surface area (Å²) in [6.45, 7) is 5.19. The van der Waals surface area contributed by atoms with Crippen LogP contribution in [0, 0.1) is 13.8 Å². The van der Waals surface area contributed by atoms with E-state index in [1.54, 1.807) is 11.8 Å². The number of aryl methyl sites for hydroxylation is 2. The molecule has 0 radical (unpaired) electrons. The maximum atomic E-state index is 12.8.